The smallest absolute Gasteiger partial charge is 0.254 e. The van der Waals surface area contributed by atoms with E-state index in [-0.39, 0.29) is 30.6 Å². The highest BCUT2D eigenvalue weighted by Gasteiger charge is 2.25. The Morgan fingerprint density at radius 2 is 1.90 bits per heavy atom. The van der Waals surface area contributed by atoms with Gasteiger partial charge in [-0.25, -0.2) is 9.37 Å². The third-order valence-electron chi connectivity index (χ3n) is 5.68. The molecule has 1 atom stereocenters. The van der Waals surface area contributed by atoms with Crippen LogP contribution in [-0.2, 0) is 17.9 Å². The van der Waals surface area contributed by atoms with Gasteiger partial charge in [0, 0.05) is 12.6 Å². The lowest BCUT2D eigenvalue weighted by molar-refractivity contribution is -0.135. The van der Waals surface area contributed by atoms with Crippen molar-refractivity contribution in [1.29, 1.82) is 0 Å². The van der Waals surface area contributed by atoms with Crippen molar-refractivity contribution in [3.8, 4) is 0 Å². The van der Waals surface area contributed by atoms with E-state index in [1.807, 2.05) is 33.7 Å². The Morgan fingerprint density at radius 3 is 2.70 bits per heavy atom. The first kappa shape index (κ1) is 20.1. The van der Waals surface area contributed by atoms with Crippen molar-refractivity contribution in [3.63, 3.8) is 0 Å². The average molecular weight is 408 g/mol. The molecule has 1 aromatic heterocycles. The molecule has 1 N–H and O–H groups in total. The van der Waals surface area contributed by atoms with Crippen molar-refractivity contribution < 1.29 is 14.0 Å². The fourth-order valence-corrected chi connectivity index (χ4v) is 4.03. The summed E-state index contributed by atoms with van der Waals surface area (Å²) in [5.74, 6) is -0.466. The van der Waals surface area contributed by atoms with Crippen LogP contribution in [0.1, 0.15) is 42.4 Å². The summed E-state index contributed by atoms with van der Waals surface area (Å²) in [5, 5.41) is 2.73. The molecule has 156 valence electrons. The second-order valence-corrected chi connectivity index (χ2v) is 7.70. The van der Waals surface area contributed by atoms with Gasteiger partial charge < -0.3 is 14.8 Å². The van der Waals surface area contributed by atoms with Gasteiger partial charge >= 0.3 is 0 Å². The van der Waals surface area contributed by atoms with Gasteiger partial charge in [0.15, 0.2) is 0 Å². The van der Waals surface area contributed by atoms with Crippen molar-refractivity contribution in [1.82, 2.24) is 19.8 Å². The topological polar surface area (TPSA) is 67.2 Å². The Balaban J connectivity index is 1.56. The first-order valence-electron chi connectivity index (χ1n) is 10.3. The molecule has 4 rings (SSSR count). The molecule has 1 unspecified atom stereocenters. The van der Waals surface area contributed by atoms with Crippen LogP contribution in [0.4, 0.5) is 4.39 Å². The highest BCUT2D eigenvalue weighted by atomic mass is 19.1. The molecule has 1 fully saturated rings. The molecule has 0 bridgehead atoms. The second kappa shape index (κ2) is 8.65. The van der Waals surface area contributed by atoms with Gasteiger partial charge in [0.1, 0.15) is 18.2 Å². The van der Waals surface area contributed by atoms with E-state index in [9.17, 15) is 14.0 Å². The van der Waals surface area contributed by atoms with E-state index in [0.29, 0.717) is 5.82 Å². The second-order valence-electron chi connectivity index (χ2n) is 7.70. The maximum Gasteiger partial charge on any atom is 0.254 e. The van der Waals surface area contributed by atoms with Gasteiger partial charge in [0.25, 0.3) is 5.91 Å². The Bertz CT molecular complexity index is 1080. The quantitative estimate of drug-likeness (QED) is 0.703. The highest BCUT2D eigenvalue weighted by Crippen LogP contribution is 2.20. The summed E-state index contributed by atoms with van der Waals surface area (Å²) in [6.45, 7) is 3.12. The number of fused-ring (bicyclic) bond motifs is 1. The molecule has 0 aliphatic carbocycles. The third-order valence-corrected chi connectivity index (χ3v) is 5.68. The fraction of sp³-hybridized carbons (Fsp3) is 0.348. The van der Waals surface area contributed by atoms with Gasteiger partial charge in [-0.2, -0.15) is 0 Å². The number of carbonyl (C=O) groups excluding carboxylic acids is 2. The first-order chi connectivity index (χ1) is 14.5. The largest absolute Gasteiger partial charge is 0.345 e. The molecule has 0 spiro atoms. The van der Waals surface area contributed by atoms with E-state index in [1.54, 1.807) is 12.1 Å². The molecular weight excluding hydrogens is 383 g/mol. The van der Waals surface area contributed by atoms with Gasteiger partial charge in [-0.1, -0.05) is 24.3 Å². The summed E-state index contributed by atoms with van der Waals surface area (Å²) in [6, 6.07) is 13.7. The lowest BCUT2D eigenvalue weighted by Crippen LogP contribution is -2.43. The molecule has 2 heterocycles. The number of para-hydroxylation sites is 2. The summed E-state index contributed by atoms with van der Waals surface area (Å²) in [6.07, 6.45) is 3.18. The molecule has 6 nitrogen and oxygen atoms in total. The molecule has 0 saturated carbocycles. The number of likely N-dealkylation sites (tertiary alicyclic amines) is 1. The van der Waals surface area contributed by atoms with Crippen molar-refractivity contribution >= 4 is 22.8 Å². The van der Waals surface area contributed by atoms with Crippen LogP contribution in [0.5, 0.6) is 0 Å². The number of imidazole rings is 1. The summed E-state index contributed by atoms with van der Waals surface area (Å²) in [4.78, 5) is 32.0. The first-order valence-corrected chi connectivity index (χ1v) is 10.3. The highest BCUT2D eigenvalue weighted by molar-refractivity contribution is 5.94. The number of benzene rings is 2. The number of hydrogen-bond donors (Lipinski definition) is 1. The maximum atomic E-state index is 13.9. The Morgan fingerprint density at radius 1 is 1.13 bits per heavy atom. The van der Waals surface area contributed by atoms with Crippen molar-refractivity contribution in [2.75, 3.05) is 6.54 Å². The van der Waals surface area contributed by atoms with Gasteiger partial charge in [0.05, 0.1) is 23.1 Å². The number of rotatable bonds is 5. The minimum absolute atomic E-state index is 0.0154. The predicted molar refractivity (Wildman–Crippen MR) is 112 cm³/mol. The zero-order valence-electron chi connectivity index (χ0n) is 17.0. The van der Waals surface area contributed by atoms with Gasteiger partial charge in [-0.05, 0) is 50.5 Å². The normalized spacial score (nSPS) is 16.6. The number of nitrogens with one attached hydrogen (secondary N) is 1. The van der Waals surface area contributed by atoms with E-state index >= 15 is 0 Å². The third kappa shape index (κ3) is 4.06. The van der Waals surface area contributed by atoms with Gasteiger partial charge in [-0.3, -0.25) is 9.59 Å². The number of hydrogen-bond acceptors (Lipinski definition) is 3. The van der Waals surface area contributed by atoms with Crippen LogP contribution in [0, 0.1) is 5.82 Å². The number of amides is 2. The number of halogens is 1. The molecule has 7 heteroatoms. The number of nitrogens with zero attached hydrogens (tertiary/aromatic N) is 3. The van der Waals surface area contributed by atoms with Crippen LogP contribution in [0.15, 0.2) is 48.5 Å². The van der Waals surface area contributed by atoms with E-state index in [0.717, 1.165) is 36.8 Å². The molecule has 1 aliphatic heterocycles. The van der Waals surface area contributed by atoms with Crippen LogP contribution >= 0.6 is 0 Å². The summed E-state index contributed by atoms with van der Waals surface area (Å²) in [5.41, 5.74) is 1.58. The average Bonchev–Trinajstić information content (AvgIpc) is 3.10. The van der Waals surface area contributed by atoms with Gasteiger partial charge in [-0.15, -0.1) is 0 Å². The van der Waals surface area contributed by atoms with Crippen molar-refractivity contribution in [2.45, 2.75) is 45.3 Å². The molecule has 3 aromatic rings. The summed E-state index contributed by atoms with van der Waals surface area (Å²) < 4.78 is 15.7. The summed E-state index contributed by atoms with van der Waals surface area (Å²) in [7, 11) is 0. The van der Waals surface area contributed by atoms with Crippen LogP contribution < -0.4 is 5.32 Å². The number of piperidine rings is 1. The number of aromatic nitrogens is 2. The zero-order valence-corrected chi connectivity index (χ0v) is 17.0. The lowest BCUT2D eigenvalue weighted by atomic mass is 10.0. The Hall–Kier alpha value is -3.22. The van der Waals surface area contributed by atoms with Crippen LogP contribution in [0.25, 0.3) is 11.0 Å². The zero-order chi connectivity index (χ0) is 21.1. The van der Waals surface area contributed by atoms with E-state index in [4.69, 9.17) is 0 Å². The lowest BCUT2D eigenvalue weighted by Gasteiger charge is -2.33. The minimum Gasteiger partial charge on any atom is -0.345 e. The molecule has 30 heavy (non-hydrogen) atoms. The fourth-order valence-electron chi connectivity index (χ4n) is 4.03. The molecule has 1 saturated heterocycles. The van der Waals surface area contributed by atoms with E-state index in [1.165, 1.54) is 12.1 Å². The van der Waals surface area contributed by atoms with Crippen LogP contribution in [-0.4, -0.2) is 38.9 Å². The van der Waals surface area contributed by atoms with Crippen LogP contribution in [0.3, 0.4) is 0 Å². The maximum absolute atomic E-state index is 13.9. The molecule has 1 aliphatic rings. The Labute approximate surface area is 174 Å². The molecule has 0 radical (unpaired) electrons. The van der Waals surface area contributed by atoms with E-state index < -0.39 is 11.7 Å². The number of carbonyl (C=O) groups is 2. The van der Waals surface area contributed by atoms with E-state index in [2.05, 4.69) is 17.2 Å². The predicted octanol–water partition coefficient (Wildman–Crippen LogP) is 3.51. The standard InChI is InChI=1S/C23H25FN4O2/c1-16-8-6-7-13-27(16)22(29)15-28-20-12-5-4-11-19(20)26-21(28)14-25-23(30)17-9-2-3-10-18(17)24/h2-5,9-12,16H,6-8,13-15H2,1H3,(H,25,30). The minimum atomic E-state index is -0.572. The SMILES string of the molecule is CC1CCCCN1C(=O)Cn1c(CNC(=O)c2ccccc2F)nc2ccccc21. The molecule has 2 amide bonds. The van der Waals surface area contributed by atoms with Crippen LogP contribution in [0.2, 0.25) is 0 Å². The Kier molecular flexibility index (Phi) is 5.79. The molecular formula is C23H25FN4O2. The monoisotopic (exact) mass is 408 g/mol. The van der Waals surface area contributed by atoms with Crippen molar-refractivity contribution in [2.24, 2.45) is 0 Å². The summed E-state index contributed by atoms with van der Waals surface area (Å²) >= 11 is 0. The van der Waals surface area contributed by atoms with Gasteiger partial charge in [0.2, 0.25) is 5.91 Å². The van der Waals surface area contributed by atoms with Crippen molar-refractivity contribution in [3.05, 3.63) is 65.7 Å². The molecule has 2 aromatic carbocycles.